The van der Waals surface area contributed by atoms with E-state index in [1.54, 1.807) is 12.1 Å². The van der Waals surface area contributed by atoms with Crippen molar-refractivity contribution in [3.8, 4) is 0 Å². The number of nitrogens with zero attached hydrogens (tertiary/aromatic N) is 2. The molecular formula is C26H34FN3O. The van der Waals surface area contributed by atoms with E-state index in [1.807, 2.05) is 30.3 Å². The lowest BCUT2D eigenvalue weighted by Gasteiger charge is -2.42. The number of benzene rings is 2. The molecule has 5 heteroatoms. The minimum absolute atomic E-state index is 0.0981. The van der Waals surface area contributed by atoms with E-state index >= 15 is 0 Å². The van der Waals surface area contributed by atoms with Gasteiger partial charge in [-0.3, -0.25) is 14.6 Å². The molecule has 2 saturated heterocycles. The highest BCUT2D eigenvalue weighted by Crippen LogP contribution is 2.25. The van der Waals surface area contributed by atoms with E-state index in [2.05, 4.69) is 27.2 Å². The zero-order chi connectivity index (χ0) is 21.5. The van der Waals surface area contributed by atoms with Crippen molar-refractivity contribution in [1.82, 2.24) is 15.1 Å². The van der Waals surface area contributed by atoms with Gasteiger partial charge in [-0.05, 0) is 63.4 Å². The molecule has 4 rings (SSSR count). The summed E-state index contributed by atoms with van der Waals surface area (Å²) in [5.74, 6) is 0.195. The van der Waals surface area contributed by atoms with Gasteiger partial charge in [-0.1, -0.05) is 48.5 Å². The van der Waals surface area contributed by atoms with Crippen molar-refractivity contribution in [3.63, 3.8) is 0 Å². The standard InChI is InChI=1S/C26H34FN3O/c27-25-11-5-4-9-22(25)19-29-17-13-24(14-18-29)30-16-6-10-23(20-30)26(31)28-15-12-21-7-2-1-3-8-21/h1-5,7-9,11,23-24H,6,10,12-20H2,(H,28,31)/t23-/m1/s1. The summed E-state index contributed by atoms with van der Waals surface area (Å²) in [6, 6.07) is 17.9. The number of rotatable bonds is 7. The van der Waals surface area contributed by atoms with E-state index in [1.165, 1.54) is 5.56 Å². The lowest BCUT2D eigenvalue weighted by atomic mass is 9.93. The number of piperidine rings is 2. The molecule has 2 heterocycles. The Kier molecular flexibility index (Phi) is 7.71. The molecule has 0 unspecified atom stereocenters. The maximum Gasteiger partial charge on any atom is 0.224 e. The van der Waals surface area contributed by atoms with Crippen LogP contribution in [0.3, 0.4) is 0 Å². The van der Waals surface area contributed by atoms with Gasteiger partial charge in [0.1, 0.15) is 5.82 Å². The largest absolute Gasteiger partial charge is 0.355 e. The van der Waals surface area contributed by atoms with Gasteiger partial charge in [0.2, 0.25) is 5.91 Å². The number of carbonyl (C=O) groups is 1. The second-order valence-corrected chi connectivity index (χ2v) is 8.96. The van der Waals surface area contributed by atoms with E-state index in [0.29, 0.717) is 19.1 Å². The van der Waals surface area contributed by atoms with Gasteiger partial charge < -0.3 is 5.32 Å². The van der Waals surface area contributed by atoms with E-state index in [-0.39, 0.29) is 17.6 Å². The first-order valence-corrected chi connectivity index (χ1v) is 11.7. The molecule has 2 aromatic rings. The van der Waals surface area contributed by atoms with Gasteiger partial charge in [-0.25, -0.2) is 4.39 Å². The van der Waals surface area contributed by atoms with Crippen LogP contribution in [0, 0.1) is 11.7 Å². The maximum atomic E-state index is 13.9. The second-order valence-electron chi connectivity index (χ2n) is 8.96. The predicted octanol–water partition coefficient (Wildman–Crippen LogP) is 3.86. The number of hydrogen-bond acceptors (Lipinski definition) is 3. The van der Waals surface area contributed by atoms with Gasteiger partial charge in [0, 0.05) is 31.2 Å². The fourth-order valence-electron chi connectivity index (χ4n) is 4.98. The Balaban J connectivity index is 1.21. The smallest absolute Gasteiger partial charge is 0.224 e. The van der Waals surface area contributed by atoms with Crippen LogP contribution in [0.5, 0.6) is 0 Å². The number of halogens is 1. The third-order valence-corrected chi connectivity index (χ3v) is 6.80. The van der Waals surface area contributed by atoms with Crippen LogP contribution in [0.25, 0.3) is 0 Å². The summed E-state index contributed by atoms with van der Waals surface area (Å²) in [5.41, 5.74) is 2.04. The van der Waals surface area contributed by atoms with Crippen LogP contribution in [0.15, 0.2) is 54.6 Å². The molecule has 166 valence electrons. The number of carbonyl (C=O) groups excluding carboxylic acids is 1. The molecule has 31 heavy (non-hydrogen) atoms. The first-order valence-electron chi connectivity index (χ1n) is 11.7. The van der Waals surface area contributed by atoms with Crippen molar-refractivity contribution in [2.24, 2.45) is 5.92 Å². The van der Waals surface area contributed by atoms with Crippen molar-refractivity contribution < 1.29 is 9.18 Å². The van der Waals surface area contributed by atoms with E-state index in [4.69, 9.17) is 0 Å². The van der Waals surface area contributed by atoms with Crippen LogP contribution in [-0.4, -0.2) is 54.5 Å². The minimum atomic E-state index is -0.109. The third-order valence-electron chi connectivity index (χ3n) is 6.80. The Labute approximate surface area is 185 Å². The van der Waals surface area contributed by atoms with E-state index in [0.717, 1.165) is 63.8 Å². The van der Waals surface area contributed by atoms with Crippen molar-refractivity contribution >= 4 is 5.91 Å². The molecule has 4 nitrogen and oxygen atoms in total. The Morgan fingerprint density at radius 1 is 0.968 bits per heavy atom. The first kappa shape index (κ1) is 22.0. The molecule has 0 spiro atoms. The fourth-order valence-corrected chi connectivity index (χ4v) is 4.98. The molecule has 1 amide bonds. The average Bonchev–Trinajstić information content (AvgIpc) is 2.82. The molecular weight excluding hydrogens is 389 g/mol. The molecule has 2 aliphatic rings. The van der Waals surface area contributed by atoms with Crippen LogP contribution >= 0.6 is 0 Å². The van der Waals surface area contributed by atoms with Crippen molar-refractivity contribution in [2.75, 3.05) is 32.7 Å². The molecule has 2 aromatic carbocycles. The van der Waals surface area contributed by atoms with Gasteiger partial charge >= 0.3 is 0 Å². The average molecular weight is 424 g/mol. The van der Waals surface area contributed by atoms with Crippen LogP contribution in [0.2, 0.25) is 0 Å². The molecule has 1 N–H and O–H groups in total. The molecule has 1 atom stereocenters. The molecule has 0 radical (unpaired) electrons. The fraction of sp³-hybridized carbons (Fsp3) is 0.500. The normalized spacial score (nSPS) is 21.1. The van der Waals surface area contributed by atoms with Crippen molar-refractivity contribution in [1.29, 1.82) is 0 Å². The summed E-state index contributed by atoms with van der Waals surface area (Å²) in [4.78, 5) is 17.6. The predicted molar refractivity (Wildman–Crippen MR) is 122 cm³/mol. The Morgan fingerprint density at radius 3 is 2.48 bits per heavy atom. The molecule has 0 bridgehead atoms. The summed E-state index contributed by atoms with van der Waals surface area (Å²) >= 11 is 0. The number of likely N-dealkylation sites (tertiary alicyclic amines) is 2. The van der Waals surface area contributed by atoms with Crippen LogP contribution in [-0.2, 0) is 17.8 Å². The quantitative estimate of drug-likeness (QED) is 0.735. The van der Waals surface area contributed by atoms with E-state index < -0.39 is 0 Å². The van der Waals surface area contributed by atoms with Crippen LogP contribution in [0.1, 0.15) is 36.8 Å². The van der Waals surface area contributed by atoms with Gasteiger partial charge in [0.15, 0.2) is 0 Å². The number of nitrogens with one attached hydrogen (secondary N) is 1. The highest BCUT2D eigenvalue weighted by atomic mass is 19.1. The number of hydrogen-bond donors (Lipinski definition) is 1. The Bertz CT molecular complexity index is 836. The second kappa shape index (κ2) is 10.9. The van der Waals surface area contributed by atoms with Crippen LogP contribution < -0.4 is 5.32 Å². The third kappa shape index (κ3) is 6.14. The minimum Gasteiger partial charge on any atom is -0.355 e. The molecule has 0 aliphatic carbocycles. The Hall–Kier alpha value is -2.24. The topological polar surface area (TPSA) is 35.6 Å². The lowest BCUT2D eigenvalue weighted by Crippen LogP contribution is -2.50. The summed E-state index contributed by atoms with van der Waals surface area (Å²) in [6.45, 7) is 5.33. The van der Waals surface area contributed by atoms with Gasteiger partial charge in [0.25, 0.3) is 0 Å². The Morgan fingerprint density at radius 2 is 1.71 bits per heavy atom. The molecule has 0 aromatic heterocycles. The SMILES string of the molecule is O=C(NCCc1ccccc1)[C@@H]1CCCN(C2CCN(Cc3ccccc3F)CC2)C1. The maximum absolute atomic E-state index is 13.9. The van der Waals surface area contributed by atoms with Crippen LogP contribution in [0.4, 0.5) is 4.39 Å². The summed E-state index contributed by atoms with van der Waals surface area (Å²) < 4.78 is 13.9. The van der Waals surface area contributed by atoms with Gasteiger partial charge in [-0.2, -0.15) is 0 Å². The van der Waals surface area contributed by atoms with Crippen molar-refractivity contribution in [2.45, 2.75) is 44.7 Å². The monoisotopic (exact) mass is 423 g/mol. The molecule has 0 saturated carbocycles. The highest BCUT2D eigenvalue weighted by Gasteiger charge is 2.31. The molecule has 2 aliphatic heterocycles. The highest BCUT2D eigenvalue weighted by molar-refractivity contribution is 5.79. The van der Waals surface area contributed by atoms with Crippen molar-refractivity contribution in [3.05, 3.63) is 71.5 Å². The zero-order valence-corrected chi connectivity index (χ0v) is 18.3. The first-order chi connectivity index (χ1) is 15.2. The molecule has 2 fully saturated rings. The summed E-state index contributed by atoms with van der Waals surface area (Å²) in [7, 11) is 0. The van der Waals surface area contributed by atoms with Gasteiger partial charge in [0.05, 0.1) is 5.92 Å². The number of amides is 1. The summed E-state index contributed by atoms with van der Waals surface area (Å²) in [6.07, 6.45) is 5.14. The van der Waals surface area contributed by atoms with E-state index in [9.17, 15) is 9.18 Å². The summed E-state index contributed by atoms with van der Waals surface area (Å²) in [5, 5.41) is 3.15. The zero-order valence-electron chi connectivity index (χ0n) is 18.3. The van der Waals surface area contributed by atoms with Gasteiger partial charge in [-0.15, -0.1) is 0 Å². The lowest BCUT2D eigenvalue weighted by molar-refractivity contribution is -0.127.